The molecule has 1 atom stereocenters. The van der Waals surface area contributed by atoms with E-state index >= 15 is 0 Å². The summed E-state index contributed by atoms with van der Waals surface area (Å²) in [7, 11) is 0. The molecular weight excluding hydrogens is 363 g/mol. The molecule has 1 aliphatic heterocycles. The molecule has 21 heavy (non-hydrogen) atoms. The summed E-state index contributed by atoms with van der Waals surface area (Å²) in [6.07, 6.45) is 0. The van der Waals surface area contributed by atoms with Crippen LogP contribution in [0.25, 0.3) is 0 Å². The smallest absolute Gasteiger partial charge is 0.245 e. The summed E-state index contributed by atoms with van der Waals surface area (Å²) in [6.45, 7) is 0. The lowest BCUT2D eigenvalue weighted by Crippen LogP contribution is -2.19. The number of hydrogen-bond acceptors (Lipinski definition) is 3. The molecule has 0 saturated heterocycles. The first-order valence-electron chi connectivity index (χ1n) is 5.98. The van der Waals surface area contributed by atoms with Crippen molar-refractivity contribution in [3.05, 3.63) is 51.2 Å². The van der Waals surface area contributed by atoms with Gasteiger partial charge in [0.1, 0.15) is 23.4 Å². The van der Waals surface area contributed by atoms with Crippen LogP contribution in [-0.2, 0) is 4.79 Å². The van der Waals surface area contributed by atoms with Crippen LogP contribution in [0.3, 0.4) is 0 Å². The molecule has 1 unspecified atom stereocenters. The van der Waals surface area contributed by atoms with Crippen LogP contribution in [0.15, 0.2) is 34.8 Å². The van der Waals surface area contributed by atoms with E-state index in [1.165, 1.54) is 12.1 Å². The SMILES string of the molecule is NC1C(=O)Nc2cc(Oc3cc(F)cc(Br)c3)c(Cl)cc21. The van der Waals surface area contributed by atoms with Crippen LogP contribution in [-0.4, -0.2) is 5.91 Å². The fraction of sp³-hybridized carbons (Fsp3) is 0.0714. The fourth-order valence-corrected chi connectivity index (χ4v) is 2.73. The van der Waals surface area contributed by atoms with Gasteiger partial charge in [-0.25, -0.2) is 4.39 Å². The first kappa shape index (κ1) is 14.3. The Hall–Kier alpha value is -1.63. The van der Waals surface area contributed by atoms with Crippen LogP contribution in [0.1, 0.15) is 11.6 Å². The lowest BCUT2D eigenvalue weighted by molar-refractivity contribution is -0.116. The number of amides is 1. The number of halogens is 3. The van der Waals surface area contributed by atoms with Crippen molar-refractivity contribution < 1.29 is 13.9 Å². The number of nitrogens with one attached hydrogen (secondary N) is 1. The maximum atomic E-state index is 13.3. The van der Waals surface area contributed by atoms with Gasteiger partial charge in [0.25, 0.3) is 0 Å². The van der Waals surface area contributed by atoms with Gasteiger partial charge in [0, 0.05) is 27.9 Å². The van der Waals surface area contributed by atoms with E-state index in [1.54, 1.807) is 18.2 Å². The van der Waals surface area contributed by atoms with E-state index in [9.17, 15) is 9.18 Å². The van der Waals surface area contributed by atoms with Gasteiger partial charge in [0.05, 0.1) is 5.02 Å². The molecule has 0 aromatic heterocycles. The third-order valence-corrected chi connectivity index (χ3v) is 3.80. The van der Waals surface area contributed by atoms with E-state index in [2.05, 4.69) is 21.2 Å². The van der Waals surface area contributed by atoms with E-state index in [0.29, 0.717) is 26.5 Å². The second-order valence-corrected chi connectivity index (χ2v) is 5.87. The maximum Gasteiger partial charge on any atom is 0.245 e. The van der Waals surface area contributed by atoms with Crippen LogP contribution in [0, 0.1) is 5.82 Å². The van der Waals surface area contributed by atoms with Crippen molar-refractivity contribution in [1.29, 1.82) is 0 Å². The molecule has 0 fully saturated rings. The summed E-state index contributed by atoms with van der Waals surface area (Å²) in [6, 6.07) is 6.56. The standard InChI is InChI=1S/C14H9BrClFN2O2/c15-6-1-7(17)3-8(2-6)21-12-5-11-9(4-10(12)16)13(18)14(20)19-11/h1-5,13H,18H2,(H,19,20). The minimum atomic E-state index is -0.741. The Bertz CT molecular complexity index is 734. The van der Waals surface area contributed by atoms with Crippen molar-refractivity contribution in [3.63, 3.8) is 0 Å². The first-order valence-corrected chi connectivity index (χ1v) is 7.15. The van der Waals surface area contributed by atoms with Crippen LogP contribution in [0.5, 0.6) is 11.5 Å². The number of benzene rings is 2. The van der Waals surface area contributed by atoms with Crippen molar-refractivity contribution in [1.82, 2.24) is 0 Å². The highest BCUT2D eigenvalue weighted by molar-refractivity contribution is 9.10. The normalized spacial score (nSPS) is 16.6. The Morgan fingerprint density at radius 1 is 1.29 bits per heavy atom. The largest absolute Gasteiger partial charge is 0.456 e. The Morgan fingerprint density at radius 3 is 2.76 bits per heavy atom. The number of ether oxygens (including phenoxy) is 1. The molecule has 1 amide bonds. The highest BCUT2D eigenvalue weighted by atomic mass is 79.9. The van der Waals surface area contributed by atoms with Gasteiger partial charge in [-0.15, -0.1) is 0 Å². The predicted octanol–water partition coefficient (Wildman–Crippen LogP) is 3.99. The summed E-state index contributed by atoms with van der Waals surface area (Å²) in [4.78, 5) is 11.5. The molecule has 108 valence electrons. The van der Waals surface area contributed by atoms with Crippen molar-refractivity contribution in [3.8, 4) is 11.5 Å². The second-order valence-electron chi connectivity index (χ2n) is 4.54. The number of carbonyl (C=O) groups is 1. The quantitative estimate of drug-likeness (QED) is 0.839. The van der Waals surface area contributed by atoms with Gasteiger partial charge in [0.15, 0.2) is 0 Å². The molecule has 3 N–H and O–H groups in total. The van der Waals surface area contributed by atoms with Crippen molar-refractivity contribution in [2.75, 3.05) is 5.32 Å². The van der Waals surface area contributed by atoms with Gasteiger partial charge in [-0.3, -0.25) is 4.79 Å². The van der Waals surface area contributed by atoms with E-state index in [1.807, 2.05) is 0 Å². The molecule has 0 saturated carbocycles. The summed E-state index contributed by atoms with van der Waals surface area (Å²) in [5.41, 5.74) is 6.89. The fourth-order valence-electron chi connectivity index (χ4n) is 2.08. The molecule has 2 aromatic rings. The van der Waals surface area contributed by atoms with Gasteiger partial charge in [-0.2, -0.15) is 0 Å². The van der Waals surface area contributed by atoms with Crippen LogP contribution in [0.4, 0.5) is 10.1 Å². The molecule has 0 bridgehead atoms. The molecule has 7 heteroatoms. The molecule has 1 heterocycles. The first-order chi connectivity index (χ1) is 9.94. The van der Waals surface area contributed by atoms with Crippen molar-refractivity contribution >= 4 is 39.1 Å². The zero-order chi connectivity index (χ0) is 15.1. The van der Waals surface area contributed by atoms with Gasteiger partial charge >= 0.3 is 0 Å². The Balaban J connectivity index is 1.97. The monoisotopic (exact) mass is 370 g/mol. The Morgan fingerprint density at radius 2 is 2.05 bits per heavy atom. The molecule has 1 aliphatic rings. The molecular formula is C14H9BrClFN2O2. The van der Waals surface area contributed by atoms with Crippen LogP contribution >= 0.6 is 27.5 Å². The minimum Gasteiger partial charge on any atom is -0.456 e. The lowest BCUT2D eigenvalue weighted by atomic mass is 10.1. The van der Waals surface area contributed by atoms with Gasteiger partial charge in [-0.1, -0.05) is 27.5 Å². The predicted molar refractivity (Wildman–Crippen MR) is 81.2 cm³/mol. The zero-order valence-electron chi connectivity index (χ0n) is 10.5. The Labute approximate surface area is 133 Å². The van der Waals surface area contributed by atoms with Gasteiger partial charge < -0.3 is 15.8 Å². The number of anilines is 1. The van der Waals surface area contributed by atoms with E-state index in [-0.39, 0.29) is 11.7 Å². The van der Waals surface area contributed by atoms with Crippen LogP contribution in [0.2, 0.25) is 5.02 Å². The number of rotatable bonds is 2. The third-order valence-electron chi connectivity index (χ3n) is 3.04. The zero-order valence-corrected chi connectivity index (χ0v) is 12.8. The van der Waals surface area contributed by atoms with Crippen LogP contribution < -0.4 is 15.8 Å². The minimum absolute atomic E-state index is 0.289. The van der Waals surface area contributed by atoms with E-state index in [4.69, 9.17) is 22.1 Å². The molecule has 4 nitrogen and oxygen atoms in total. The van der Waals surface area contributed by atoms with E-state index < -0.39 is 11.9 Å². The van der Waals surface area contributed by atoms with Crippen molar-refractivity contribution in [2.45, 2.75) is 6.04 Å². The number of nitrogens with two attached hydrogens (primary N) is 1. The molecule has 0 radical (unpaired) electrons. The maximum absolute atomic E-state index is 13.3. The molecule has 0 spiro atoms. The average Bonchev–Trinajstić information content (AvgIpc) is 2.65. The molecule has 0 aliphatic carbocycles. The van der Waals surface area contributed by atoms with Gasteiger partial charge in [-0.05, 0) is 18.2 Å². The van der Waals surface area contributed by atoms with E-state index in [0.717, 1.165) is 0 Å². The average molecular weight is 372 g/mol. The van der Waals surface area contributed by atoms with Crippen molar-refractivity contribution in [2.24, 2.45) is 5.73 Å². The number of fused-ring (bicyclic) bond motifs is 1. The molecule has 2 aromatic carbocycles. The summed E-state index contributed by atoms with van der Waals surface area (Å²) in [5, 5.41) is 2.93. The topological polar surface area (TPSA) is 64.4 Å². The number of hydrogen-bond donors (Lipinski definition) is 2. The Kier molecular flexibility index (Phi) is 3.61. The number of carbonyl (C=O) groups excluding carboxylic acids is 1. The van der Waals surface area contributed by atoms with Gasteiger partial charge in [0.2, 0.25) is 5.91 Å². The third kappa shape index (κ3) is 2.74. The molecule has 3 rings (SSSR count). The second kappa shape index (κ2) is 5.29. The summed E-state index contributed by atoms with van der Waals surface area (Å²) < 4.78 is 19.5. The summed E-state index contributed by atoms with van der Waals surface area (Å²) >= 11 is 9.31. The highest BCUT2D eigenvalue weighted by Gasteiger charge is 2.28. The lowest BCUT2D eigenvalue weighted by Gasteiger charge is -2.10. The highest BCUT2D eigenvalue weighted by Crippen LogP contribution is 2.39. The summed E-state index contributed by atoms with van der Waals surface area (Å²) in [5.74, 6) is -0.140.